The highest BCUT2D eigenvalue weighted by atomic mass is 32.2. The summed E-state index contributed by atoms with van der Waals surface area (Å²) in [6.07, 6.45) is 1.05. The molecule has 0 aromatic heterocycles. The fraction of sp³-hybridized carbons (Fsp3) is 0.462. The molecule has 0 fully saturated rings. The number of sulfonamides is 1. The van der Waals surface area contributed by atoms with Crippen LogP contribution in [0, 0.1) is 19.8 Å². The second kappa shape index (κ2) is 12.1. The van der Waals surface area contributed by atoms with E-state index in [1.165, 1.54) is 12.0 Å². The van der Waals surface area contributed by atoms with E-state index in [9.17, 15) is 18.0 Å². The van der Waals surface area contributed by atoms with E-state index >= 15 is 0 Å². The standard InChI is InChI=1S/C26H37N3O5S/c1-18(2)15-27-26(31)21(5)28(16-22-10-8-9-19(3)13-22)25(30)17-29(35(7,32)33)23-14-20(4)11-12-24(23)34-6/h8-14,18,21H,15-17H2,1-7H3,(H,27,31)/t21-/m1/s1. The predicted molar refractivity (Wildman–Crippen MR) is 139 cm³/mol. The lowest BCUT2D eigenvalue weighted by Gasteiger charge is -2.32. The van der Waals surface area contributed by atoms with E-state index in [2.05, 4.69) is 5.32 Å². The molecule has 0 aliphatic carbocycles. The van der Waals surface area contributed by atoms with Gasteiger partial charge in [-0.15, -0.1) is 0 Å². The van der Waals surface area contributed by atoms with Crippen LogP contribution < -0.4 is 14.4 Å². The fourth-order valence-corrected chi connectivity index (χ4v) is 4.48. The number of hydrogen-bond acceptors (Lipinski definition) is 5. The van der Waals surface area contributed by atoms with Crippen molar-refractivity contribution < 1.29 is 22.7 Å². The number of amides is 2. The van der Waals surface area contributed by atoms with Crippen LogP contribution in [0.25, 0.3) is 0 Å². The molecule has 0 saturated heterocycles. The third kappa shape index (κ3) is 7.99. The second-order valence-corrected chi connectivity index (χ2v) is 11.2. The van der Waals surface area contributed by atoms with Crippen molar-refractivity contribution in [1.82, 2.24) is 10.2 Å². The van der Waals surface area contributed by atoms with Gasteiger partial charge in [0.05, 0.1) is 19.1 Å². The maximum Gasteiger partial charge on any atom is 0.244 e. The third-order valence-electron chi connectivity index (χ3n) is 5.57. The van der Waals surface area contributed by atoms with Crippen molar-refractivity contribution in [1.29, 1.82) is 0 Å². The Morgan fingerprint density at radius 1 is 1.03 bits per heavy atom. The van der Waals surface area contributed by atoms with Gasteiger partial charge in [0, 0.05) is 13.1 Å². The van der Waals surface area contributed by atoms with Crippen LogP contribution in [-0.4, -0.2) is 57.6 Å². The van der Waals surface area contributed by atoms with Crippen molar-refractivity contribution in [3.8, 4) is 5.75 Å². The molecular weight excluding hydrogens is 466 g/mol. The van der Waals surface area contributed by atoms with E-state index < -0.39 is 28.5 Å². The number of ether oxygens (including phenoxy) is 1. The van der Waals surface area contributed by atoms with Gasteiger partial charge in [-0.2, -0.15) is 0 Å². The molecule has 1 N–H and O–H groups in total. The topological polar surface area (TPSA) is 96.0 Å². The number of hydrogen-bond donors (Lipinski definition) is 1. The molecule has 0 radical (unpaired) electrons. The van der Waals surface area contributed by atoms with E-state index in [0.717, 1.165) is 27.3 Å². The Hall–Kier alpha value is -3.07. The van der Waals surface area contributed by atoms with Gasteiger partial charge in [0.25, 0.3) is 0 Å². The molecule has 0 unspecified atom stereocenters. The highest BCUT2D eigenvalue weighted by molar-refractivity contribution is 7.92. The number of anilines is 1. The molecule has 0 bridgehead atoms. The summed E-state index contributed by atoms with van der Waals surface area (Å²) >= 11 is 0. The minimum atomic E-state index is -3.84. The van der Waals surface area contributed by atoms with Crippen molar-refractivity contribution in [2.24, 2.45) is 5.92 Å². The molecule has 0 spiro atoms. The highest BCUT2D eigenvalue weighted by Crippen LogP contribution is 2.31. The third-order valence-corrected chi connectivity index (χ3v) is 6.70. The molecule has 2 rings (SSSR count). The summed E-state index contributed by atoms with van der Waals surface area (Å²) < 4.78 is 32.0. The Morgan fingerprint density at radius 3 is 2.26 bits per heavy atom. The number of methoxy groups -OCH3 is 1. The summed E-state index contributed by atoms with van der Waals surface area (Å²) in [5.74, 6) is -0.199. The quantitative estimate of drug-likeness (QED) is 0.508. The van der Waals surface area contributed by atoms with Gasteiger partial charge in [-0.3, -0.25) is 13.9 Å². The Morgan fingerprint density at radius 2 is 1.69 bits per heavy atom. The first-order chi connectivity index (χ1) is 16.3. The van der Waals surface area contributed by atoms with Crippen LogP contribution in [0.1, 0.15) is 37.5 Å². The van der Waals surface area contributed by atoms with Gasteiger partial charge in [0.1, 0.15) is 18.3 Å². The summed E-state index contributed by atoms with van der Waals surface area (Å²) in [7, 11) is -2.39. The molecule has 9 heteroatoms. The minimum absolute atomic E-state index is 0.166. The molecule has 2 aromatic carbocycles. The summed E-state index contributed by atoms with van der Waals surface area (Å²) in [6, 6.07) is 12.0. The number of aryl methyl sites for hydroxylation is 2. The smallest absolute Gasteiger partial charge is 0.244 e. The summed E-state index contributed by atoms with van der Waals surface area (Å²) in [6.45, 7) is 9.58. The zero-order valence-corrected chi connectivity index (χ0v) is 22.5. The lowest BCUT2D eigenvalue weighted by molar-refractivity contribution is -0.139. The van der Waals surface area contributed by atoms with Crippen molar-refractivity contribution in [2.45, 2.75) is 47.2 Å². The Balaban J connectivity index is 2.44. The first-order valence-corrected chi connectivity index (χ1v) is 13.4. The number of carbonyl (C=O) groups is 2. The molecule has 1 atom stereocenters. The van der Waals surface area contributed by atoms with Crippen LogP contribution in [-0.2, 0) is 26.2 Å². The molecule has 35 heavy (non-hydrogen) atoms. The molecule has 2 amide bonds. The highest BCUT2D eigenvalue weighted by Gasteiger charge is 2.31. The van der Waals surface area contributed by atoms with E-state index in [1.54, 1.807) is 25.1 Å². The van der Waals surface area contributed by atoms with Crippen LogP contribution in [0.4, 0.5) is 5.69 Å². The van der Waals surface area contributed by atoms with Crippen LogP contribution in [0.15, 0.2) is 42.5 Å². The van der Waals surface area contributed by atoms with Crippen LogP contribution in [0.5, 0.6) is 5.75 Å². The zero-order chi connectivity index (χ0) is 26.3. The maximum absolute atomic E-state index is 13.6. The first-order valence-electron chi connectivity index (χ1n) is 11.6. The van der Waals surface area contributed by atoms with Gasteiger partial charge < -0.3 is 15.0 Å². The van der Waals surface area contributed by atoms with Crippen LogP contribution in [0.2, 0.25) is 0 Å². The van der Waals surface area contributed by atoms with Gasteiger partial charge in [0.15, 0.2) is 0 Å². The molecule has 8 nitrogen and oxygen atoms in total. The Labute approximate surface area is 209 Å². The lowest BCUT2D eigenvalue weighted by Crippen LogP contribution is -2.51. The van der Waals surface area contributed by atoms with Crippen molar-refractivity contribution in [3.63, 3.8) is 0 Å². The second-order valence-electron chi connectivity index (χ2n) is 9.27. The number of nitrogens with one attached hydrogen (secondary N) is 1. The predicted octanol–water partition coefficient (Wildman–Crippen LogP) is 3.27. The van der Waals surface area contributed by atoms with E-state index in [-0.39, 0.29) is 24.1 Å². The van der Waals surface area contributed by atoms with E-state index in [0.29, 0.717) is 12.3 Å². The summed E-state index contributed by atoms with van der Waals surface area (Å²) in [5.41, 5.74) is 2.96. The van der Waals surface area contributed by atoms with Gasteiger partial charge >= 0.3 is 0 Å². The number of rotatable bonds is 11. The number of benzene rings is 2. The maximum atomic E-state index is 13.6. The average Bonchev–Trinajstić information content (AvgIpc) is 2.78. The Kier molecular flexibility index (Phi) is 9.71. The Bertz CT molecular complexity index is 1150. The average molecular weight is 504 g/mol. The first kappa shape index (κ1) is 28.2. The van der Waals surface area contributed by atoms with Gasteiger partial charge in [-0.25, -0.2) is 8.42 Å². The zero-order valence-electron chi connectivity index (χ0n) is 21.7. The molecule has 192 valence electrons. The van der Waals surface area contributed by atoms with Crippen molar-refractivity contribution in [2.75, 3.05) is 30.8 Å². The monoisotopic (exact) mass is 503 g/mol. The molecule has 0 aliphatic rings. The SMILES string of the molecule is COc1ccc(C)cc1N(CC(=O)N(Cc1cccc(C)c1)[C@H](C)C(=O)NCC(C)C)S(C)(=O)=O. The van der Waals surface area contributed by atoms with Crippen LogP contribution >= 0.6 is 0 Å². The number of nitrogens with zero attached hydrogens (tertiary/aromatic N) is 2. The summed E-state index contributed by atoms with van der Waals surface area (Å²) in [5, 5.41) is 2.87. The molecular formula is C26H37N3O5S. The largest absolute Gasteiger partial charge is 0.495 e. The van der Waals surface area contributed by atoms with Crippen molar-refractivity contribution in [3.05, 3.63) is 59.2 Å². The fourth-order valence-electron chi connectivity index (χ4n) is 3.63. The lowest BCUT2D eigenvalue weighted by atomic mass is 10.1. The van der Waals surface area contributed by atoms with Gasteiger partial charge in [-0.05, 0) is 49.9 Å². The molecule has 0 heterocycles. The minimum Gasteiger partial charge on any atom is -0.495 e. The van der Waals surface area contributed by atoms with Crippen molar-refractivity contribution >= 4 is 27.5 Å². The van der Waals surface area contributed by atoms with E-state index in [4.69, 9.17) is 4.74 Å². The summed E-state index contributed by atoms with van der Waals surface area (Å²) in [4.78, 5) is 27.9. The van der Waals surface area contributed by atoms with E-state index in [1.807, 2.05) is 52.0 Å². The van der Waals surface area contributed by atoms with Crippen LogP contribution in [0.3, 0.4) is 0 Å². The normalized spacial score (nSPS) is 12.2. The van der Waals surface area contributed by atoms with Gasteiger partial charge in [0.2, 0.25) is 21.8 Å². The molecule has 2 aromatic rings. The number of carbonyl (C=O) groups excluding carboxylic acids is 2. The molecule has 0 aliphatic heterocycles. The van der Waals surface area contributed by atoms with Gasteiger partial charge in [-0.1, -0.05) is 49.7 Å². The molecule has 0 saturated carbocycles.